The summed E-state index contributed by atoms with van der Waals surface area (Å²) in [6, 6.07) is 8.51. The van der Waals surface area contributed by atoms with Crippen molar-refractivity contribution >= 4 is 5.69 Å². The van der Waals surface area contributed by atoms with Crippen LogP contribution in [0.5, 0.6) is 5.75 Å². The number of anilines is 1. The minimum Gasteiger partial charge on any atom is -0.497 e. The molecule has 0 bridgehead atoms. The van der Waals surface area contributed by atoms with Gasteiger partial charge in [-0.2, -0.15) is 0 Å². The Morgan fingerprint density at radius 3 is 2.05 bits per heavy atom. The molecule has 0 saturated heterocycles. The van der Waals surface area contributed by atoms with Crippen LogP contribution in [0.4, 0.5) is 5.69 Å². The van der Waals surface area contributed by atoms with Gasteiger partial charge in [-0.05, 0) is 51.0 Å². The lowest BCUT2D eigenvalue weighted by molar-refractivity contribution is 0.414. The van der Waals surface area contributed by atoms with Gasteiger partial charge < -0.3 is 9.64 Å². The molecule has 2 nitrogen and oxygen atoms in total. The lowest BCUT2D eigenvalue weighted by Gasteiger charge is -2.33. The molecule has 0 unspecified atom stereocenters. The minimum absolute atomic E-state index is 0.353. The highest BCUT2D eigenvalue weighted by atomic mass is 16.5. The summed E-state index contributed by atoms with van der Waals surface area (Å²) >= 11 is 0. The number of rotatable bonds is 9. The molecule has 0 aliphatic rings. The molecule has 0 saturated carbocycles. The van der Waals surface area contributed by atoms with Crippen molar-refractivity contribution in [2.45, 2.75) is 32.7 Å². The molecule has 0 atom stereocenters. The van der Waals surface area contributed by atoms with E-state index in [9.17, 15) is 0 Å². The standard InChI is InChI=1S/C19H27NO/c1-7-12-20(17-8-10-19(21-6)11-9-17)18(13-15(2)3)14-16(4)5/h7-11,18H,1-2,4,12-14H2,3,5-6H3. The van der Waals surface area contributed by atoms with E-state index >= 15 is 0 Å². The van der Waals surface area contributed by atoms with E-state index in [-0.39, 0.29) is 0 Å². The van der Waals surface area contributed by atoms with Crippen molar-refractivity contribution in [2.24, 2.45) is 0 Å². The maximum Gasteiger partial charge on any atom is 0.119 e. The Morgan fingerprint density at radius 1 is 1.14 bits per heavy atom. The predicted octanol–water partition coefficient (Wildman–Crippen LogP) is 4.99. The van der Waals surface area contributed by atoms with Gasteiger partial charge in [0.1, 0.15) is 5.75 Å². The van der Waals surface area contributed by atoms with Crippen LogP contribution in [0.2, 0.25) is 0 Å². The lowest BCUT2D eigenvalue weighted by atomic mass is 9.99. The zero-order valence-corrected chi connectivity index (χ0v) is 13.6. The Balaban J connectivity index is 3.05. The molecule has 21 heavy (non-hydrogen) atoms. The number of nitrogens with zero attached hydrogens (tertiary/aromatic N) is 1. The molecule has 0 amide bonds. The average molecular weight is 285 g/mol. The molecule has 1 aromatic rings. The molecular weight excluding hydrogens is 258 g/mol. The summed E-state index contributed by atoms with van der Waals surface area (Å²) in [7, 11) is 1.68. The first-order valence-corrected chi connectivity index (χ1v) is 7.28. The topological polar surface area (TPSA) is 12.5 Å². The van der Waals surface area contributed by atoms with E-state index in [2.05, 4.69) is 50.6 Å². The normalized spacial score (nSPS) is 10.3. The largest absolute Gasteiger partial charge is 0.497 e. The van der Waals surface area contributed by atoms with Crippen LogP contribution in [0.1, 0.15) is 26.7 Å². The summed E-state index contributed by atoms with van der Waals surface area (Å²) in [6.07, 6.45) is 3.84. The second-order valence-electron chi connectivity index (χ2n) is 5.62. The zero-order chi connectivity index (χ0) is 15.8. The minimum atomic E-state index is 0.353. The fourth-order valence-electron chi connectivity index (χ4n) is 2.48. The fraction of sp³-hybridized carbons (Fsp3) is 0.368. The van der Waals surface area contributed by atoms with E-state index in [0.717, 1.165) is 25.1 Å². The first kappa shape index (κ1) is 17.1. The summed E-state index contributed by atoms with van der Waals surface area (Å²) in [5.41, 5.74) is 3.54. The molecule has 0 heterocycles. The third kappa shape index (κ3) is 5.50. The second kappa shape index (κ2) is 8.35. The molecule has 0 spiro atoms. The van der Waals surface area contributed by atoms with Gasteiger partial charge in [-0.15, -0.1) is 19.7 Å². The van der Waals surface area contributed by atoms with Gasteiger partial charge in [0.2, 0.25) is 0 Å². The first-order valence-electron chi connectivity index (χ1n) is 7.28. The van der Waals surface area contributed by atoms with Gasteiger partial charge in [-0.1, -0.05) is 17.2 Å². The van der Waals surface area contributed by atoms with E-state index in [1.54, 1.807) is 7.11 Å². The Morgan fingerprint density at radius 2 is 1.67 bits per heavy atom. The van der Waals surface area contributed by atoms with Gasteiger partial charge in [-0.3, -0.25) is 0 Å². The predicted molar refractivity (Wildman–Crippen MR) is 93.2 cm³/mol. The molecule has 114 valence electrons. The lowest BCUT2D eigenvalue weighted by Crippen LogP contribution is -2.36. The summed E-state index contributed by atoms with van der Waals surface area (Å²) in [4.78, 5) is 2.36. The van der Waals surface area contributed by atoms with E-state index in [1.807, 2.05) is 18.2 Å². The summed E-state index contributed by atoms with van der Waals surface area (Å²) in [6.45, 7) is 17.0. The van der Waals surface area contributed by atoms with Crippen LogP contribution in [0.25, 0.3) is 0 Å². The SMILES string of the molecule is C=CCN(c1ccc(OC)cc1)C(CC(=C)C)CC(=C)C. The Labute approximate surface area is 129 Å². The van der Waals surface area contributed by atoms with Gasteiger partial charge in [-0.25, -0.2) is 0 Å². The van der Waals surface area contributed by atoms with Crippen molar-refractivity contribution in [3.63, 3.8) is 0 Å². The van der Waals surface area contributed by atoms with E-state index in [4.69, 9.17) is 4.74 Å². The third-order valence-electron chi connectivity index (χ3n) is 3.34. The van der Waals surface area contributed by atoms with Crippen LogP contribution in [-0.4, -0.2) is 19.7 Å². The van der Waals surface area contributed by atoms with Gasteiger partial charge in [0.25, 0.3) is 0 Å². The number of hydrogen-bond acceptors (Lipinski definition) is 2. The molecule has 2 heteroatoms. The van der Waals surface area contributed by atoms with E-state index in [1.165, 1.54) is 16.8 Å². The maximum absolute atomic E-state index is 5.23. The van der Waals surface area contributed by atoms with Crippen molar-refractivity contribution < 1.29 is 4.74 Å². The molecule has 0 aliphatic heterocycles. The third-order valence-corrected chi connectivity index (χ3v) is 3.34. The van der Waals surface area contributed by atoms with Crippen LogP contribution in [0, 0.1) is 0 Å². The second-order valence-corrected chi connectivity index (χ2v) is 5.62. The highest BCUT2D eigenvalue weighted by Crippen LogP contribution is 2.26. The smallest absolute Gasteiger partial charge is 0.119 e. The van der Waals surface area contributed by atoms with Crippen molar-refractivity contribution in [3.8, 4) is 5.75 Å². The monoisotopic (exact) mass is 285 g/mol. The van der Waals surface area contributed by atoms with E-state index in [0.29, 0.717) is 6.04 Å². The van der Waals surface area contributed by atoms with Gasteiger partial charge in [0.05, 0.1) is 7.11 Å². The summed E-state index contributed by atoms with van der Waals surface area (Å²) in [5.74, 6) is 0.869. The molecule has 1 rings (SSSR count). The van der Waals surface area contributed by atoms with Gasteiger partial charge >= 0.3 is 0 Å². The summed E-state index contributed by atoms with van der Waals surface area (Å²) < 4.78 is 5.23. The number of hydrogen-bond donors (Lipinski definition) is 0. The van der Waals surface area contributed by atoms with Crippen molar-refractivity contribution in [3.05, 3.63) is 61.2 Å². The molecule has 0 radical (unpaired) electrons. The molecule has 0 aliphatic carbocycles. The van der Waals surface area contributed by atoms with E-state index < -0.39 is 0 Å². The average Bonchev–Trinajstić information content (AvgIpc) is 2.43. The fourth-order valence-corrected chi connectivity index (χ4v) is 2.48. The van der Waals surface area contributed by atoms with Crippen LogP contribution in [-0.2, 0) is 0 Å². The van der Waals surface area contributed by atoms with Crippen molar-refractivity contribution in [2.75, 3.05) is 18.6 Å². The molecular formula is C19H27NO. The Bertz CT molecular complexity index is 471. The van der Waals surface area contributed by atoms with Crippen LogP contribution in [0.15, 0.2) is 61.2 Å². The number of methoxy groups -OCH3 is 1. The number of benzene rings is 1. The highest BCUT2D eigenvalue weighted by Gasteiger charge is 2.18. The first-order chi connectivity index (χ1) is 9.97. The molecule has 0 N–H and O–H groups in total. The van der Waals surface area contributed by atoms with Crippen LogP contribution < -0.4 is 9.64 Å². The Kier molecular flexibility index (Phi) is 6.80. The van der Waals surface area contributed by atoms with Crippen LogP contribution in [0.3, 0.4) is 0 Å². The molecule has 1 aromatic carbocycles. The van der Waals surface area contributed by atoms with Gasteiger partial charge in [0, 0.05) is 18.3 Å². The molecule has 0 fully saturated rings. The van der Waals surface area contributed by atoms with Crippen LogP contribution >= 0.6 is 0 Å². The maximum atomic E-state index is 5.23. The zero-order valence-electron chi connectivity index (χ0n) is 13.6. The molecule has 0 aromatic heterocycles. The quantitative estimate of drug-likeness (QED) is 0.593. The highest BCUT2D eigenvalue weighted by molar-refractivity contribution is 5.51. The van der Waals surface area contributed by atoms with Crippen molar-refractivity contribution in [1.29, 1.82) is 0 Å². The van der Waals surface area contributed by atoms with Crippen molar-refractivity contribution in [1.82, 2.24) is 0 Å². The van der Waals surface area contributed by atoms with Gasteiger partial charge in [0.15, 0.2) is 0 Å². The number of ether oxygens (including phenoxy) is 1. The summed E-state index contributed by atoms with van der Waals surface area (Å²) in [5, 5.41) is 0. The Hall–Kier alpha value is -1.96.